The monoisotopic (exact) mass is 372 g/mol. The Morgan fingerprint density at radius 2 is 2.00 bits per heavy atom. The van der Waals surface area contributed by atoms with E-state index in [1.165, 1.54) is 0 Å². The molecule has 1 atom stereocenters. The van der Waals surface area contributed by atoms with Crippen LogP contribution in [0.5, 0.6) is 0 Å². The van der Waals surface area contributed by atoms with E-state index in [2.05, 4.69) is 21.2 Å². The molecular formula is C15H21BrN2O2S. The number of thiophene rings is 1. The summed E-state index contributed by atoms with van der Waals surface area (Å²) in [5.41, 5.74) is -1.15. The van der Waals surface area contributed by atoms with Crippen molar-refractivity contribution in [3.8, 4) is 0 Å². The van der Waals surface area contributed by atoms with Crippen LogP contribution in [0.4, 0.5) is 0 Å². The zero-order chi connectivity index (χ0) is 16.0. The smallest absolute Gasteiger partial charge is 0.246 e. The van der Waals surface area contributed by atoms with Gasteiger partial charge in [0.25, 0.3) is 0 Å². The van der Waals surface area contributed by atoms with Gasteiger partial charge < -0.3 is 10.2 Å². The molecule has 0 bridgehead atoms. The fraction of sp³-hybridized carbons (Fsp3) is 0.600. The predicted octanol–water partition coefficient (Wildman–Crippen LogP) is 3.16. The van der Waals surface area contributed by atoms with Crippen molar-refractivity contribution in [3.63, 3.8) is 0 Å². The van der Waals surface area contributed by atoms with Gasteiger partial charge in [0, 0.05) is 14.7 Å². The molecular weight excluding hydrogens is 352 g/mol. The molecule has 4 nitrogen and oxygen atoms in total. The maximum atomic E-state index is 12.8. The molecule has 21 heavy (non-hydrogen) atoms. The Labute approximate surface area is 138 Å². The largest absolute Gasteiger partial charge is 0.342 e. The van der Waals surface area contributed by atoms with Crippen LogP contribution in [0.1, 0.15) is 39.5 Å². The summed E-state index contributed by atoms with van der Waals surface area (Å²) >= 11 is 5.01. The fourth-order valence-electron chi connectivity index (χ4n) is 2.38. The average molecular weight is 373 g/mol. The molecule has 0 spiro atoms. The molecule has 1 fully saturated rings. The second kappa shape index (κ2) is 5.39. The summed E-state index contributed by atoms with van der Waals surface area (Å²) in [6.07, 6.45) is 0. The molecule has 1 aliphatic heterocycles. The number of halogens is 1. The maximum Gasteiger partial charge on any atom is 0.246 e. The lowest BCUT2D eigenvalue weighted by Crippen LogP contribution is -2.70. The quantitative estimate of drug-likeness (QED) is 0.866. The highest BCUT2D eigenvalue weighted by Crippen LogP contribution is 2.32. The van der Waals surface area contributed by atoms with Crippen LogP contribution in [-0.4, -0.2) is 28.3 Å². The van der Waals surface area contributed by atoms with Crippen LogP contribution in [0.15, 0.2) is 15.9 Å². The van der Waals surface area contributed by atoms with Crippen LogP contribution >= 0.6 is 27.3 Å². The number of carbonyl (C=O) groups excluding carboxylic acids is 2. The van der Waals surface area contributed by atoms with Crippen LogP contribution in [0.2, 0.25) is 0 Å². The summed E-state index contributed by atoms with van der Waals surface area (Å²) in [6, 6.07) is 1.51. The van der Waals surface area contributed by atoms with Crippen LogP contribution in [-0.2, 0) is 16.1 Å². The summed E-state index contributed by atoms with van der Waals surface area (Å²) in [4.78, 5) is 28.0. The summed E-state index contributed by atoms with van der Waals surface area (Å²) in [7, 11) is 0. The molecule has 0 aliphatic carbocycles. The van der Waals surface area contributed by atoms with E-state index in [4.69, 9.17) is 0 Å². The highest BCUT2D eigenvalue weighted by Gasteiger charge is 2.49. The van der Waals surface area contributed by atoms with Gasteiger partial charge in [-0.05, 0) is 41.3 Å². The first kappa shape index (κ1) is 16.5. The van der Waals surface area contributed by atoms with E-state index in [1.807, 2.05) is 32.2 Å². The Bertz CT molecular complexity index is 574. The molecule has 2 rings (SSSR count). The number of amides is 2. The first-order valence-corrected chi connectivity index (χ1v) is 8.56. The Hall–Kier alpha value is -0.880. The van der Waals surface area contributed by atoms with Gasteiger partial charge in [0.05, 0.1) is 6.54 Å². The molecule has 1 saturated heterocycles. The molecule has 2 amide bonds. The SMILES string of the molecule is CC(C)(C)C1NC(=O)C(C)(C)N(Cc2cc(Br)cs2)C1=O. The number of piperazine rings is 1. The maximum absolute atomic E-state index is 12.8. The van der Waals surface area contributed by atoms with Gasteiger partial charge in [-0.1, -0.05) is 20.8 Å². The fourth-order valence-corrected chi connectivity index (χ4v) is 3.82. The summed E-state index contributed by atoms with van der Waals surface area (Å²) in [5.74, 6) is -0.116. The molecule has 0 aromatic carbocycles. The third kappa shape index (κ3) is 3.16. The zero-order valence-corrected chi connectivity index (χ0v) is 15.4. The number of carbonyl (C=O) groups is 2. The van der Waals surface area contributed by atoms with Crippen molar-refractivity contribution >= 4 is 39.1 Å². The molecule has 6 heteroatoms. The molecule has 1 N–H and O–H groups in total. The minimum absolute atomic E-state index is 0.0170. The van der Waals surface area contributed by atoms with Crippen LogP contribution in [0, 0.1) is 5.41 Å². The highest BCUT2D eigenvalue weighted by molar-refractivity contribution is 9.10. The first-order valence-electron chi connectivity index (χ1n) is 6.89. The zero-order valence-electron chi connectivity index (χ0n) is 13.0. The standard InChI is InChI=1S/C15H21BrN2O2S/c1-14(2,3)11-12(19)18(15(4,5)13(20)17-11)7-10-6-9(16)8-21-10/h6,8,11H,7H2,1-5H3,(H,17,20). The Balaban J connectivity index is 2.34. The van der Waals surface area contributed by atoms with Gasteiger partial charge in [0.15, 0.2) is 0 Å². The van der Waals surface area contributed by atoms with E-state index in [-0.39, 0.29) is 17.2 Å². The number of rotatable bonds is 2. The first-order chi connectivity index (χ1) is 9.53. The van der Waals surface area contributed by atoms with Crippen LogP contribution < -0.4 is 5.32 Å². The van der Waals surface area contributed by atoms with E-state index in [9.17, 15) is 9.59 Å². The number of hydrogen-bond acceptors (Lipinski definition) is 3. The Morgan fingerprint density at radius 1 is 1.38 bits per heavy atom. The normalized spacial score (nSPS) is 22.4. The lowest BCUT2D eigenvalue weighted by molar-refractivity contribution is -0.159. The van der Waals surface area contributed by atoms with Crippen LogP contribution in [0.3, 0.4) is 0 Å². The minimum Gasteiger partial charge on any atom is -0.342 e. The lowest BCUT2D eigenvalue weighted by atomic mass is 9.82. The Kier molecular flexibility index (Phi) is 4.23. The van der Waals surface area contributed by atoms with Gasteiger partial charge >= 0.3 is 0 Å². The van der Waals surface area contributed by atoms with E-state index in [0.29, 0.717) is 6.54 Å². The van der Waals surface area contributed by atoms with Crippen molar-refractivity contribution in [1.29, 1.82) is 0 Å². The second-order valence-electron chi connectivity index (χ2n) is 6.99. The summed E-state index contributed by atoms with van der Waals surface area (Å²) in [5, 5.41) is 4.87. The van der Waals surface area contributed by atoms with Crippen molar-refractivity contribution in [1.82, 2.24) is 10.2 Å². The number of nitrogens with zero attached hydrogens (tertiary/aromatic N) is 1. The van der Waals surface area contributed by atoms with E-state index < -0.39 is 11.6 Å². The molecule has 2 heterocycles. The molecule has 0 radical (unpaired) electrons. The summed E-state index contributed by atoms with van der Waals surface area (Å²) < 4.78 is 1.00. The van der Waals surface area contributed by atoms with E-state index >= 15 is 0 Å². The van der Waals surface area contributed by atoms with Crippen LogP contribution in [0.25, 0.3) is 0 Å². The summed E-state index contributed by atoms with van der Waals surface area (Å²) in [6.45, 7) is 9.95. The molecule has 1 aromatic heterocycles. The predicted molar refractivity (Wildman–Crippen MR) is 88.0 cm³/mol. The van der Waals surface area contributed by atoms with Gasteiger partial charge in [-0.3, -0.25) is 9.59 Å². The van der Waals surface area contributed by atoms with E-state index in [1.54, 1.807) is 30.1 Å². The molecule has 1 aliphatic rings. The van der Waals surface area contributed by atoms with Crippen molar-refractivity contribution in [2.75, 3.05) is 0 Å². The molecule has 116 valence electrons. The Morgan fingerprint density at radius 3 is 2.48 bits per heavy atom. The van der Waals surface area contributed by atoms with Gasteiger partial charge in [-0.2, -0.15) is 0 Å². The third-order valence-corrected chi connectivity index (χ3v) is 5.50. The highest BCUT2D eigenvalue weighted by atomic mass is 79.9. The van der Waals surface area contributed by atoms with Gasteiger partial charge in [-0.15, -0.1) is 11.3 Å². The molecule has 1 aromatic rings. The van der Waals surface area contributed by atoms with Crippen molar-refractivity contribution in [2.45, 2.75) is 52.7 Å². The number of nitrogens with one attached hydrogen (secondary N) is 1. The third-order valence-electron chi connectivity index (χ3n) is 3.82. The van der Waals surface area contributed by atoms with Crippen molar-refractivity contribution in [3.05, 3.63) is 20.8 Å². The average Bonchev–Trinajstić information content (AvgIpc) is 2.74. The lowest BCUT2D eigenvalue weighted by Gasteiger charge is -2.47. The van der Waals surface area contributed by atoms with Gasteiger partial charge in [-0.25, -0.2) is 0 Å². The van der Waals surface area contributed by atoms with Gasteiger partial charge in [0.1, 0.15) is 11.6 Å². The topological polar surface area (TPSA) is 49.4 Å². The second-order valence-corrected chi connectivity index (χ2v) is 8.90. The van der Waals surface area contributed by atoms with Gasteiger partial charge in [0.2, 0.25) is 11.8 Å². The van der Waals surface area contributed by atoms with E-state index in [0.717, 1.165) is 9.35 Å². The van der Waals surface area contributed by atoms with Crippen molar-refractivity contribution in [2.24, 2.45) is 5.41 Å². The number of hydrogen-bond donors (Lipinski definition) is 1. The minimum atomic E-state index is -0.838. The molecule has 1 unspecified atom stereocenters. The van der Waals surface area contributed by atoms with Crippen molar-refractivity contribution < 1.29 is 9.59 Å². The molecule has 0 saturated carbocycles.